The third kappa shape index (κ3) is 2.71. The summed E-state index contributed by atoms with van der Waals surface area (Å²) in [4.78, 5) is 0. The van der Waals surface area contributed by atoms with E-state index in [4.69, 9.17) is 9.52 Å². The summed E-state index contributed by atoms with van der Waals surface area (Å²) in [5, 5.41) is 6.78. The molecular weight excluding hydrogens is 303 g/mol. The number of aryl methyl sites for hydroxylation is 1. The minimum absolute atomic E-state index is 0.00255. The van der Waals surface area contributed by atoms with Crippen molar-refractivity contribution in [3.05, 3.63) is 89.6 Å². The average Bonchev–Trinajstić information content (AvgIpc) is 3.25. The Bertz CT molecular complexity index is 852. The molecule has 0 unspecified atom stereocenters. The van der Waals surface area contributed by atoms with Crippen LogP contribution in [0.15, 0.2) is 76.4 Å². The fraction of sp³-hybridized carbons (Fsp3) is 0.150. The Morgan fingerprint density at radius 3 is 2.46 bits per heavy atom. The summed E-state index contributed by atoms with van der Waals surface area (Å²) in [5.41, 5.74) is 4.08. The summed E-state index contributed by atoms with van der Waals surface area (Å²) >= 11 is 0. The first-order valence-corrected chi connectivity index (χ1v) is 7.93. The van der Waals surface area contributed by atoms with Crippen molar-refractivity contribution in [2.45, 2.75) is 19.4 Å². The maximum atomic E-state index is 13.2. The van der Waals surface area contributed by atoms with Crippen LogP contribution in [0.4, 0.5) is 10.1 Å². The van der Waals surface area contributed by atoms with Crippen LogP contribution in [0.1, 0.15) is 29.3 Å². The van der Waals surface area contributed by atoms with Crippen molar-refractivity contribution in [1.82, 2.24) is 0 Å². The van der Waals surface area contributed by atoms with Crippen molar-refractivity contribution in [2.24, 2.45) is 5.10 Å². The number of hydrogen-bond donors (Lipinski definition) is 0. The Hall–Kier alpha value is -2.88. The van der Waals surface area contributed by atoms with E-state index in [9.17, 15) is 4.39 Å². The zero-order chi connectivity index (χ0) is 16.5. The maximum absolute atomic E-state index is 13.2. The molecule has 1 aliphatic rings. The molecule has 2 heterocycles. The molecule has 0 saturated carbocycles. The molecule has 1 atom stereocenters. The molecule has 120 valence electrons. The van der Waals surface area contributed by atoms with Crippen LogP contribution in [0.5, 0.6) is 0 Å². The SMILES string of the molecule is Cc1ccc(N2N=C(c3ccc(F)cc3)C[C@H]2c2ccco2)cc1. The molecule has 3 aromatic rings. The van der Waals surface area contributed by atoms with E-state index in [0.29, 0.717) is 6.42 Å². The van der Waals surface area contributed by atoms with Crippen LogP contribution in [-0.2, 0) is 0 Å². The minimum Gasteiger partial charge on any atom is -0.467 e. The molecule has 0 saturated heterocycles. The van der Waals surface area contributed by atoms with Gasteiger partial charge in [-0.1, -0.05) is 29.8 Å². The topological polar surface area (TPSA) is 28.7 Å². The van der Waals surface area contributed by atoms with Gasteiger partial charge in [0.05, 0.1) is 17.7 Å². The highest BCUT2D eigenvalue weighted by Crippen LogP contribution is 2.36. The molecule has 0 aliphatic carbocycles. The number of furan rings is 1. The molecule has 0 spiro atoms. The summed E-state index contributed by atoms with van der Waals surface area (Å²) < 4.78 is 18.8. The molecule has 0 fully saturated rings. The lowest BCUT2D eigenvalue weighted by Crippen LogP contribution is -2.17. The van der Waals surface area contributed by atoms with E-state index in [1.165, 1.54) is 17.7 Å². The number of nitrogens with zero attached hydrogens (tertiary/aromatic N) is 2. The first kappa shape index (κ1) is 14.7. The Kier molecular flexibility index (Phi) is 3.65. The second kappa shape index (κ2) is 5.96. The minimum atomic E-state index is -0.240. The molecule has 0 N–H and O–H groups in total. The van der Waals surface area contributed by atoms with Gasteiger partial charge in [-0.25, -0.2) is 4.39 Å². The third-order valence-electron chi connectivity index (χ3n) is 4.26. The summed E-state index contributed by atoms with van der Waals surface area (Å²) in [5.74, 6) is 0.631. The first-order chi connectivity index (χ1) is 11.7. The normalized spacial score (nSPS) is 17.2. The number of rotatable bonds is 3. The molecule has 0 bridgehead atoms. The van der Waals surface area contributed by atoms with Crippen LogP contribution < -0.4 is 5.01 Å². The lowest BCUT2D eigenvalue weighted by molar-refractivity contribution is 0.465. The summed E-state index contributed by atoms with van der Waals surface area (Å²) in [6, 6.07) is 18.6. The summed E-state index contributed by atoms with van der Waals surface area (Å²) in [6.07, 6.45) is 2.39. The quantitative estimate of drug-likeness (QED) is 0.673. The van der Waals surface area contributed by atoms with E-state index < -0.39 is 0 Å². The lowest BCUT2D eigenvalue weighted by Gasteiger charge is -2.21. The lowest BCUT2D eigenvalue weighted by atomic mass is 10.0. The van der Waals surface area contributed by atoms with Gasteiger partial charge in [0.1, 0.15) is 17.6 Å². The highest BCUT2D eigenvalue weighted by molar-refractivity contribution is 6.03. The van der Waals surface area contributed by atoms with E-state index in [-0.39, 0.29) is 11.9 Å². The van der Waals surface area contributed by atoms with Crippen LogP contribution in [0, 0.1) is 12.7 Å². The number of benzene rings is 2. The van der Waals surface area contributed by atoms with Gasteiger partial charge in [0.25, 0.3) is 0 Å². The Morgan fingerprint density at radius 1 is 1.04 bits per heavy atom. The van der Waals surface area contributed by atoms with Gasteiger partial charge in [-0.3, -0.25) is 5.01 Å². The van der Waals surface area contributed by atoms with Gasteiger partial charge in [-0.15, -0.1) is 0 Å². The number of hydrogen-bond acceptors (Lipinski definition) is 3. The summed E-state index contributed by atoms with van der Waals surface area (Å²) in [6.45, 7) is 2.06. The van der Waals surface area contributed by atoms with E-state index in [1.54, 1.807) is 18.4 Å². The molecule has 0 amide bonds. The zero-order valence-electron chi connectivity index (χ0n) is 13.3. The van der Waals surface area contributed by atoms with Gasteiger partial charge >= 0.3 is 0 Å². The predicted molar refractivity (Wildman–Crippen MR) is 92.7 cm³/mol. The fourth-order valence-electron chi connectivity index (χ4n) is 2.97. The molecule has 0 radical (unpaired) electrons. The van der Waals surface area contributed by atoms with Crippen molar-refractivity contribution in [2.75, 3.05) is 5.01 Å². The number of hydrazone groups is 1. The van der Waals surface area contributed by atoms with Crippen LogP contribution >= 0.6 is 0 Å². The van der Waals surface area contributed by atoms with Gasteiger partial charge in [-0.05, 0) is 48.9 Å². The zero-order valence-corrected chi connectivity index (χ0v) is 13.3. The third-order valence-corrected chi connectivity index (χ3v) is 4.26. The van der Waals surface area contributed by atoms with Crippen LogP contribution in [0.3, 0.4) is 0 Å². The van der Waals surface area contributed by atoms with E-state index in [2.05, 4.69) is 31.2 Å². The smallest absolute Gasteiger partial charge is 0.128 e. The predicted octanol–water partition coefficient (Wildman–Crippen LogP) is 5.08. The largest absolute Gasteiger partial charge is 0.467 e. The number of anilines is 1. The van der Waals surface area contributed by atoms with Crippen molar-refractivity contribution >= 4 is 11.4 Å². The van der Waals surface area contributed by atoms with Crippen LogP contribution in [0.25, 0.3) is 0 Å². The molecule has 2 aromatic carbocycles. The Morgan fingerprint density at radius 2 is 1.79 bits per heavy atom. The molecule has 3 nitrogen and oxygen atoms in total. The number of halogens is 1. The highest BCUT2D eigenvalue weighted by Gasteiger charge is 2.31. The standard InChI is InChI=1S/C20H17FN2O/c1-14-4-10-17(11-5-14)23-19(20-3-2-12-24-20)13-18(22-23)15-6-8-16(21)9-7-15/h2-12,19H,13H2,1H3/t19-/m0/s1. The van der Waals surface area contributed by atoms with Gasteiger partial charge in [0.15, 0.2) is 0 Å². The van der Waals surface area contributed by atoms with Gasteiger partial charge in [0, 0.05) is 6.42 Å². The average molecular weight is 320 g/mol. The molecule has 4 rings (SSSR count). The van der Waals surface area contributed by atoms with Crippen LogP contribution in [-0.4, -0.2) is 5.71 Å². The summed E-state index contributed by atoms with van der Waals surface area (Å²) in [7, 11) is 0. The van der Waals surface area contributed by atoms with E-state index in [1.807, 2.05) is 17.1 Å². The van der Waals surface area contributed by atoms with Crippen molar-refractivity contribution in [3.63, 3.8) is 0 Å². The first-order valence-electron chi connectivity index (χ1n) is 7.93. The van der Waals surface area contributed by atoms with Gasteiger partial charge in [-0.2, -0.15) is 5.10 Å². The molecule has 4 heteroatoms. The Balaban J connectivity index is 1.73. The van der Waals surface area contributed by atoms with Crippen molar-refractivity contribution in [1.29, 1.82) is 0 Å². The maximum Gasteiger partial charge on any atom is 0.128 e. The van der Waals surface area contributed by atoms with Crippen LogP contribution in [0.2, 0.25) is 0 Å². The van der Waals surface area contributed by atoms with Crippen molar-refractivity contribution in [3.8, 4) is 0 Å². The Labute approximate surface area is 140 Å². The molecular formula is C20H17FN2O. The highest BCUT2D eigenvalue weighted by atomic mass is 19.1. The van der Waals surface area contributed by atoms with E-state index in [0.717, 1.165) is 22.7 Å². The van der Waals surface area contributed by atoms with Gasteiger partial charge in [0.2, 0.25) is 0 Å². The molecule has 1 aromatic heterocycles. The molecule has 1 aliphatic heterocycles. The fourth-order valence-corrected chi connectivity index (χ4v) is 2.97. The van der Waals surface area contributed by atoms with Gasteiger partial charge < -0.3 is 4.42 Å². The monoisotopic (exact) mass is 320 g/mol. The van der Waals surface area contributed by atoms with E-state index >= 15 is 0 Å². The molecule has 24 heavy (non-hydrogen) atoms. The second-order valence-electron chi connectivity index (χ2n) is 5.97. The van der Waals surface area contributed by atoms with Crippen molar-refractivity contribution < 1.29 is 8.81 Å². The second-order valence-corrected chi connectivity index (χ2v) is 5.97.